The molecule has 6 nitrogen and oxygen atoms in total. The van der Waals surface area contributed by atoms with Crippen molar-refractivity contribution in [1.82, 2.24) is 29.5 Å². The fourth-order valence-corrected chi connectivity index (χ4v) is 9.12. The molecule has 0 aliphatic heterocycles. The van der Waals surface area contributed by atoms with Gasteiger partial charge >= 0.3 is 0 Å². The summed E-state index contributed by atoms with van der Waals surface area (Å²) < 4.78 is 2.45. The van der Waals surface area contributed by atoms with Crippen molar-refractivity contribution in [2.24, 2.45) is 0 Å². The van der Waals surface area contributed by atoms with E-state index in [1.807, 2.05) is 48.8 Å². The highest BCUT2D eigenvalue weighted by Crippen LogP contribution is 2.49. The third kappa shape index (κ3) is 5.35. The lowest BCUT2D eigenvalue weighted by atomic mass is 9.63. The van der Waals surface area contributed by atoms with Crippen molar-refractivity contribution in [3.05, 3.63) is 157 Å². The molecule has 6 aromatic carbocycles. The Morgan fingerprint density at radius 3 is 1.95 bits per heavy atom. The molecule has 10 aromatic rings. The molecule has 6 heteroatoms. The Morgan fingerprint density at radius 1 is 0.474 bits per heavy atom. The zero-order valence-electron chi connectivity index (χ0n) is 32.5. The van der Waals surface area contributed by atoms with Gasteiger partial charge in [-0.3, -0.25) is 9.97 Å². The van der Waals surface area contributed by atoms with Crippen molar-refractivity contribution in [2.45, 2.75) is 51.4 Å². The fraction of sp³-hybridized carbons (Fsp3) is 0.157. The second-order valence-electron chi connectivity index (χ2n) is 16.9. The van der Waals surface area contributed by atoms with Crippen LogP contribution < -0.4 is 0 Å². The van der Waals surface area contributed by atoms with E-state index in [2.05, 4.69) is 134 Å². The molecule has 0 unspecified atom stereocenters. The topological polar surface area (TPSA) is 69.4 Å². The lowest BCUT2D eigenvalue weighted by Gasteiger charge is -2.42. The van der Waals surface area contributed by atoms with E-state index in [9.17, 15) is 0 Å². The van der Waals surface area contributed by atoms with Gasteiger partial charge in [0, 0.05) is 56.3 Å². The van der Waals surface area contributed by atoms with Crippen LogP contribution in [0.2, 0.25) is 0 Å². The number of pyridine rings is 2. The lowest BCUT2D eigenvalue weighted by Crippen LogP contribution is -2.33. The van der Waals surface area contributed by atoms with Crippen LogP contribution in [0.3, 0.4) is 0 Å². The first-order valence-electron chi connectivity index (χ1n) is 19.8. The number of nitrogens with zero attached hydrogens (tertiary/aromatic N) is 6. The lowest BCUT2D eigenvalue weighted by molar-refractivity contribution is 0.332. The van der Waals surface area contributed by atoms with Crippen LogP contribution >= 0.6 is 0 Å². The molecule has 0 saturated carbocycles. The van der Waals surface area contributed by atoms with Crippen molar-refractivity contribution in [3.63, 3.8) is 0 Å². The maximum atomic E-state index is 5.16. The highest BCUT2D eigenvalue weighted by atomic mass is 15.0. The van der Waals surface area contributed by atoms with E-state index in [0.29, 0.717) is 17.5 Å². The quantitative estimate of drug-likeness (QED) is 0.168. The number of benzene rings is 6. The average molecular weight is 737 g/mol. The van der Waals surface area contributed by atoms with Crippen molar-refractivity contribution in [1.29, 1.82) is 0 Å². The van der Waals surface area contributed by atoms with E-state index in [1.54, 1.807) is 0 Å². The van der Waals surface area contributed by atoms with Crippen LogP contribution in [0.4, 0.5) is 0 Å². The SMILES string of the molecule is CC1(C)CCC(C)(C)c2cc3c(cc21)c1c2ccccc2ccc1n3-c1cccc(-c2nc(-c3ccccc3)nc(-c3cnc4c(ccc5cccnc54)c3)n2)c1. The molecule has 11 rings (SSSR count). The Hall–Kier alpha value is -6.79. The summed E-state index contributed by atoms with van der Waals surface area (Å²) in [5, 5.41) is 7.13. The average Bonchev–Trinajstić information content (AvgIpc) is 3.59. The van der Waals surface area contributed by atoms with Crippen molar-refractivity contribution in [2.75, 3.05) is 0 Å². The highest BCUT2D eigenvalue weighted by Gasteiger charge is 2.38. The largest absolute Gasteiger partial charge is 0.309 e. The number of fused-ring (bicyclic) bond motifs is 9. The van der Waals surface area contributed by atoms with E-state index < -0.39 is 0 Å². The van der Waals surface area contributed by atoms with Crippen molar-refractivity contribution in [3.8, 4) is 39.9 Å². The normalized spacial score (nSPS) is 14.8. The Labute approximate surface area is 330 Å². The molecule has 1 aliphatic rings. The summed E-state index contributed by atoms with van der Waals surface area (Å²) >= 11 is 0. The second-order valence-corrected chi connectivity index (χ2v) is 16.9. The van der Waals surface area contributed by atoms with Gasteiger partial charge in [0.15, 0.2) is 17.5 Å². The van der Waals surface area contributed by atoms with Crippen LogP contribution in [0.1, 0.15) is 51.7 Å². The summed E-state index contributed by atoms with van der Waals surface area (Å²) in [7, 11) is 0. The van der Waals surface area contributed by atoms with Crippen LogP contribution in [0.5, 0.6) is 0 Å². The molecule has 0 fully saturated rings. The third-order valence-corrected chi connectivity index (χ3v) is 12.3. The van der Waals surface area contributed by atoms with Gasteiger partial charge in [-0.15, -0.1) is 0 Å². The summed E-state index contributed by atoms with van der Waals surface area (Å²) in [5.74, 6) is 1.79. The monoisotopic (exact) mass is 736 g/mol. The number of rotatable bonds is 4. The molecule has 4 aromatic heterocycles. The van der Waals surface area contributed by atoms with Gasteiger partial charge in [0.1, 0.15) is 0 Å². The molecule has 0 amide bonds. The van der Waals surface area contributed by atoms with E-state index in [0.717, 1.165) is 50.6 Å². The third-order valence-electron chi connectivity index (χ3n) is 12.3. The van der Waals surface area contributed by atoms with Crippen LogP contribution in [0.15, 0.2) is 146 Å². The van der Waals surface area contributed by atoms with Gasteiger partial charge in [-0.05, 0) is 88.0 Å². The second kappa shape index (κ2) is 12.4. The van der Waals surface area contributed by atoms with Gasteiger partial charge in [0.05, 0.1) is 22.1 Å². The summed E-state index contributed by atoms with van der Waals surface area (Å²) in [4.78, 5) is 24.8. The van der Waals surface area contributed by atoms with Gasteiger partial charge in [0.2, 0.25) is 0 Å². The molecule has 0 radical (unpaired) electrons. The van der Waals surface area contributed by atoms with E-state index >= 15 is 0 Å². The molecule has 274 valence electrons. The minimum atomic E-state index is 0.0700. The fourth-order valence-electron chi connectivity index (χ4n) is 9.12. The van der Waals surface area contributed by atoms with Crippen molar-refractivity contribution >= 4 is 54.4 Å². The molecule has 0 bridgehead atoms. The van der Waals surface area contributed by atoms with Crippen molar-refractivity contribution < 1.29 is 0 Å². The van der Waals surface area contributed by atoms with Gasteiger partial charge in [-0.25, -0.2) is 15.0 Å². The molecular formula is C51H40N6. The summed E-state index contributed by atoms with van der Waals surface area (Å²) in [6.07, 6.45) is 5.99. The molecule has 4 heterocycles. The zero-order valence-corrected chi connectivity index (χ0v) is 32.5. The summed E-state index contributed by atoms with van der Waals surface area (Å²) in [6, 6.07) is 47.4. The molecule has 57 heavy (non-hydrogen) atoms. The summed E-state index contributed by atoms with van der Waals surface area (Å²) in [6.45, 7) is 9.63. The standard InChI is InChI=1S/C51H40N6/c1-50(2)23-24-51(3,4)41-29-43-39(28-40(41)50)44-38-18-9-8-12-31(38)21-22-42(44)57(43)37-17-10-15-35(27-37)48-54-47(33-13-6-5-7-14-33)55-49(56-48)36-26-34-20-19-32-16-11-25-52-45(32)46(34)53-30-36/h5-22,25-30H,23-24H2,1-4H3. The number of hydrogen-bond acceptors (Lipinski definition) is 5. The maximum Gasteiger partial charge on any atom is 0.165 e. The Bertz CT molecular complexity index is 3250. The first-order valence-corrected chi connectivity index (χ1v) is 19.8. The maximum absolute atomic E-state index is 5.16. The van der Waals surface area contributed by atoms with Gasteiger partial charge in [-0.2, -0.15) is 0 Å². The molecule has 0 N–H and O–H groups in total. The van der Waals surface area contributed by atoms with E-state index in [1.165, 1.54) is 50.1 Å². The molecule has 0 atom stereocenters. The van der Waals surface area contributed by atoms with Gasteiger partial charge in [-0.1, -0.05) is 119 Å². The minimum absolute atomic E-state index is 0.0700. The Morgan fingerprint density at radius 2 is 1.12 bits per heavy atom. The molecule has 1 aliphatic carbocycles. The summed E-state index contributed by atoms with van der Waals surface area (Å²) in [5.41, 5.74) is 10.9. The van der Waals surface area contributed by atoms with E-state index in [4.69, 9.17) is 19.9 Å². The van der Waals surface area contributed by atoms with Crippen LogP contribution in [-0.2, 0) is 10.8 Å². The van der Waals surface area contributed by atoms with Crippen LogP contribution in [0.25, 0.3) is 94.2 Å². The molecular weight excluding hydrogens is 697 g/mol. The van der Waals surface area contributed by atoms with Gasteiger partial charge in [0.25, 0.3) is 0 Å². The first kappa shape index (κ1) is 33.5. The smallest absolute Gasteiger partial charge is 0.165 e. The van der Waals surface area contributed by atoms with Gasteiger partial charge < -0.3 is 4.57 Å². The van der Waals surface area contributed by atoms with E-state index in [-0.39, 0.29) is 10.8 Å². The first-order chi connectivity index (χ1) is 27.7. The van der Waals surface area contributed by atoms with Crippen LogP contribution in [-0.4, -0.2) is 29.5 Å². The Balaban J connectivity index is 1.13. The number of aromatic nitrogens is 6. The predicted octanol–water partition coefficient (Wildman–Crippen LogP) is 12.6. The molecule has 0 saturated heterocycles. The highest BCUT2D eigenvalue weighted by molar-refractivity contribution is 6.21. The Kier molecular flexibility index (Phi) is 7.27. The zero-order chi connectivity index (χ0) is 38.5. The predicted molar refractivity (Wildman–Crippen MR) is 234 cm³/mol. The van der Waals surface area contributed by atoms with Crippen LogP contribution in [0, 0.1) is 0 Å². The minimum Gasteiger partial charge on any atom is -0.309 e. The number of hydrogen-bond donors (Lipinski definition) is 0. The molecule has 0 spiro atoms.